The minimum atomic E-state index is -0.868. The summed E-state index contributed by atoms with van der Waals surface area (Å²) in [5, 5.41) is 0. The van der Waals surface area contributed by atoms with Crippen molar-refractivity contribution in [2.24, 2.45) is 5.92 Å². The molecule has 5 nitrogen and oxygen atoms in total. The highest BCUT2D eigenvalue weighted by Crippen LogP contribution is 2.40. The van der Waals surface area contributed by atoms with Gasteiger partial charge < -0.3 is 13.9 Å². The zero-order chi connectivity index (χ0) is 17.8. The van der Waals surface area contributed by atoms with Crippen LogP contribution in [0.25, 0.3) is 5.57 Å². The molecule has 0 amide bonds. The first-order valence-electron chi connectivity index (χ1n) is 8.23. The van der Waals surface area contributed by atoms with Crippen LogP contribution in [0.1, 0.15) is 30.6 Å². The van der Waals surface area contributed by atoms with Gasteiger partial charge >= 0.3 is 5.97 Å². The highest BCUT2D eigenvalue weighted by molar-refractivity contribution is 6.10. The van der Waals surface area contributed by atoms with Gasteiger partial charge in [-0.25, -0.2) is 0 Å². The third kappa shape index (κ3) is 3.50. The van der Waals surface area contributed by atoms with Crippen LogP contribution in [0, 0.1) is 5.92 Å². The molecular formula is C20H20O5. The van der Waals surface area contributed by atoms with Crippen LogP contribution in [0.5, 0.6) is 5.75 Å². The van der Waals surface area contributed by atoms with Gasteiger partial charge in [0.15, 0.2) is 5.78 Å². The van der Waals surface area contributed by atoms with E-state index in [1.165, 1.54) is 0 Å². The summed E-state index contributed by atoms with van der Waals surface area (Å²) in [6, 6.07) is 11.1. The lowest BCUT2D eigenvalue weighted by atomic mass is 9.76. The van der Waals surface area contributed by atoms with Gasteiger partial charge in [-0.15, -0.1) is 0 Å². The first-order valence-corrected chi connectivity index (χ1v) is 8.23. The number of ether oxygens (including phenoxy) is 2. The van der Waals surface area contributed by atoms with Crippen LogP contribution in [0.4, 0.5) is 0 Å². The number of rotatable bonds is 5. The number of carbonyl (C=O) groups excluding carboxylic acids is 2. The maximum absolute atomic E-state index is 12.7. The van der Waals surface area contributed by atoms with Crippen LogP contribution in [0.3, 0.4) is 0 Å². The van der Waals surface area contributed by atoms with Crippen LogP contribution in [-0.2, 0) is 14.3 Å². The molecule has 2 aromatic rings. The van der Waals surface area contributed by atoms with Gasteiger partial charge in [0.1, 0.15) is 17.4 Å². The summed E-state index contributed by atoms with van der Waals surface area (Å²) >= 11 is 0. The zero-order valence-electron chi connectivity index (χ0n) is 14.2. The van der Waals surface area contributed by atoms with E-state index in [1.54, 1.807) is 38.5 Å². The Morgan fingerprint density at radius 2 is 2.00 bits per heavy atom. The van der Waals surface area contributed by atoms with E-state index >= 15 is 0 Å². The predicted octanol–water partition coefficient (Wildman–Crippen LogP) is 3.61. The minimum absolute atomic E-state index is 0.239. The van der Waals surface area contributed by atoms with Gasteiger partial charge in [0.2, 0.25) is 0 Å². The third-order valence-corrected chi connectivity index (χ3v) is 4.38. The van der Waals surface area contributed by atoms with Gasteiger partial charge in [-0.2, -0.15) is 0 Å². The number of furan rings is 1. The third-order valence-electron chi connectivity index (χ3n) is 4.38. The lowest BCUT2D eigenvalue weighted by Crippen LogP contribution is -2.33. The Kier molecular flexibility index (Phi) is 5.03. The van der Waals surface area contributed by atoms with E-state index in [0.717, 1.165) is 16.9 Å². The van der Waals surface area contributed by atoms with E-state index in [2.05, 4.69) is 0 Å². The van der Waals surface area contributed by atoms with Crippen LogP contribution >= 0.6 is 0 Å². The number of allylic oxidation sites excluding steroid dienone is 2. The van der Waals surface area contributed by atoms with Crippen molar-refractivity contribution in [3.63, 3.8) is 0 Å². The standard InChI is InChI=1S/C20H20O5/c1-3-24-20(22)19-16(18-5-4-10-25-18)11-14(12-17(19)21)13-6-8-15(23-2)9-7-13/h4-10,12,16,19H,3,11H2,1-2H3/t16-,19+/m1/s1. The van der Waals surface area contributed by atoms with E-state index in [4.69, 9.17) is 13.9 Å². The molecule has 0 N–H and O–H groups in total. The highest BCUT2D eigenvalue weighted by Gasteiger charge is 2.41. The Morgan fingerprint density at radius 3 is 2.60 bits per heavy atom. The lowest BCUT2D eigenvalue weighted by Gasteiger charge is -2.27. The number of hydrogen-bond donors (Lipinski definition) is 0. The molecule has 1 aliphatic carbocycles. The Hall–Kier alpha value is -2.82. The Balaban J connectivity index is 1.96. The first kappa shape index (κ1) is 17.0. The fourth-order valence-electron chi connectivity index (χ4n) is 3.16. The van der Waals surface area contributed by atoms with Crippen molar-refractivity contribution in [2.75, 3.05) is 13.7 Å². The molecule has 1 heterocycles. The summed E-state index contributed by atoms with van der Waals surface area (Å²) in [5.74, 6) is -0.628. The summed E-state index contributed by atoms with van der Waals surface area (Å²) in [7, 11) is 1.61. The van der Waals surface area contributed by atoms with E-state index in [9.17, 15) is 9.59 Å². The van der Waals surface area contributed by atoms with Crippen molar-refractivity contribution in [2.45, 2.75) is 19.3 Å². The van der Waals surface area contributed by atoms with Crippen molar-refractivity contribution < 1.29 is 23.5 Å². The monoisotopic (exact) mass is 340 g/mol. The topological polar surface area (TPSA) is 65.7 Å². The molecule has 0 saturated heterocycles. The summed E-state index contributed by atoms with van der Waals surface area (Å²) in [4.78, 5) is 25.0. The zero-order valence-corrected chi connectivity index (χ0v) is 14.2. The van der Waals surface area contributed by atoms with E-state index < -0.39 is 11.9 Å². The summed E-state index contributed by atoms with van der Waals surface area (Å²) in [6.07, 6.45) is 3.62. The Morgan fingerprint density at radius 1 is 1.24 bits per heavy atom. The van der Waals surface area contributed by atoms with Crippen LogP contribution < -0.4 is 4.74 Å². The number of esters is 1. The van der Waals surface area contributed by atoms with Gasteiger partial charge in [0.25, 0.3) is 0 Å². The highest BCUT2D eigenvalue weighted by atomic mass is 16.5. The van der Waals surface area contributed by atoms with Gasteiger partial charge in [-0.1, -0.05) is 12.1 Å². The molecule has 1 aromatic carbocycles. The fraction of sp³-hybridized carbons (Fsp3) is 0.300. The average molecular weight is 340 g/mol. The number of carbonyl (C=O) groups is 2. The molecule has 5 heteroatoms. The summed E-state index contributed by atoms with van der Waals surface area (Å²) < 4.78 is 15.8. The van der Waals surface area contributed by atoms with Crippen LogP contribution in [0.2, 0.25) is 0 Å². The molecule has 0 aliphatic heterocycles. The van der Waals surface area contributed by atoms with E-state index in [-0.39, 0.29) is 18.3 Å². The van der Waals surface area contributed by atoms with Crippen molar-refractivity contribution in [1.82, 2.24) is 0 Å². The van der Waals surface area contributed by atoms with Crippen LogP contribution in [0.15, 0.2) is 53.2 Å². The molecule has 0 spiro atoms. The second-order valence-electron chi connectivity index (χ2n) is 5.86. The van der Waals surface area contributed by atoms with Crippen molar-refractivity contribution in [3.8, 4) is 5.75 Å². The van der Waals surface area contributed by atoms with Gasteiger partial charge in [0, 0.05) is 5.92 Å². The SMILES string of the molecule is CCOC(=O)[C@@H]1C(=O)C=C(c2ccc(OC)cc2)C[C@@H]1c1ccco1. The largest absolute Gasteiger partial charge is 0.497 e. The van der Waals surface area contributed by atoms with Crippen molar-refractivity contribution in [3.05, 3.63) is 60.1 Å². The molecule has 1 aliphatic rings. The number of methoxy groups -OCH3 is 1. The molecule has 0 fully saturated rings. The Bertz CT molecular complexity index is 771. The van der Waals surface area contributed by atoms with E-state index in [1.807, 2.05) is 24.3 Å². The summed E-state index contributed by atoms with van der Waals surface area (Å²) in [6.45, 7) is 1.97. The maximum atomic E-state index is 12.7. The van der Waals surface area contributed by atoms with Gasteiger partial charge in [-0.3, -0.25) is 9.59 Å². The second kappa shape index (κ2) is 7.38. The molecule has 0 bridgehead atoms. The van der Waals surface area contributed by atoms with Gasteiger partial charge in [0.05, 0.1) is 20.0 Å². The predicted molar refractivity (Wildman–Crippen MR) is 92.2 cm³/mol. The molecule has 0 radical (unpaired) electrons. The molecular weight excluding hydrogens is 320 g/mol. The molecule has 2 atom stereocenters. The minimum Gasteiger partial charge on any atom is -0.497 e. The average Bonchev–Trinajstić information content (AvgIpc) is 3.16. The summed E-state index contributed by atoms with van der Waals surface area (Å²) in [5.41, 5.74) is 1.79. The Labute approximate surface area is 146 Å². The normalized spacial score (nSPS) is 20.1. The molecule has 0 unspecified atom stereocenters. The van der Waals surface area contributed by atoms with Gasteiger partial charge in [-0.05, 0) is 54.8 Å². The fourth-order valence-corrected chi connectivity index (χ4v) is 3.16. The lowest BCUT2D eigenvalue weighted by molar-refractivity contribution is -0.151. The quantitative estimate of drug-likeness (QED) is 0.614. The van der Waals surface area contributed by atoms with Crippen molar-refractivity contribution in [1.29, 1.82) is 0 Å². The maximum Gasteiger partial charge on any atom is 0.317 e. The van der Waals surface area contributed by atoms with E-state index in [0.29, 0.717) is 12.2 Å². The molecule has 0 saturated carbocycles. The number of benzene rings is 1. The molecule has 1 aromatic heterocycles. The number of ketones is 1. The van der Waals surface area contributed by atoms with Crippen molar-refractivity contribution >= 4 is 17.3 Å². The smallest absolute Gasteiger partial charge is 0.317 e. The molecule has 3 rings (SSSR count). The molecule has 25 heavy (non-hydrogen) atoms. The molecule has 130 valence electrons. The van der Waals surface area contributed by atoms with Crippen LogP contribution in [-0.4, -0.2) is 25.5 Å². The number of hydrogen-bond acceptors (Lipinski definition) is 5. The second-order valence-corrected chi connectivity index (χ2v) is 5.86. The first-order chi connectivity index (χ1) is 12.1.